The molecule has 0 radical (unpaired) electrons. The monoisotopic (exact) mass is 353 g/mol. The Morgan fingerprint density at radius 2 is 2.00 bits per heavy atom. The summed E-state index contributed by atoms with van der Waals surface area (Å²) >= 11 is 0. The van der Waals surface area contributed by atoms with Crippen molar-refractivity contribution in [3.05, 3.63) is 42.9 Å². The predicted molar refractivity (Wildman–Crippen MR) is 99.5 cm³/mol. The second-order valence-electron chi connectivity index (χ2n) is 6.66. The summed E-state index contributed by atoms with van der Waals surface area (Å²) in [6, 6.07) is 7.40. The van der Waals surface area contributed by atoms with Gasteiger partial charge < -0.3 is 19.9 Å². The van der Waals surface area contributed by atoms with Crippen LogP contribution in [0.4, 0.5) is 16.3 Å². The highest BCUT2D eigenvalue weighted by atomic mass is 16.5. The van der Waals surface area contributed by atoms with E-state index in [1.54, 1.807) is 23.5 Å². The summed E-state index contributed by atoms with van der Waals surface area (Å²) in [5, 5.41) is 3.03. The van der Waals surface area contributed by atoms with Crippen molar-refractivity contribution in [3.63, 3.8) is 0 Å². The molecule has 26 heavy (non-hydrogen) atoms. The summed E-state index contributed by atoms with van der Waals surface area (Å²) in [7, 11) is 0. The van der Waals surface area contributed by atoms with Crippen LogP contribution in [0.25, 0.3) is 0 Å². The number of nitrogens with one attached hydrogen (secondary N) is 1. The van der Waals surface area contributed by atoms with Gasteiger partial charge in [0.05, 0.1) is 18.4 Å². The standard InChI is InChI=1S/C19H23N5O2/c25-19(22-17-6-4-9-21-18(17)23-10-1-2-11-23)24-12-7-16(14-24)26-15-5-3-8-20-13-15/h3-6,8-9,13,16H,1-2,7,10-12,14H2,(H,22,25)/t16-/m0/s1. The summed E-state index contributed by atoms with van der Waals surface area (Å²) < 4.78 is 5.91. The fraction of sp³-hybridized carbons (Fsp3) is 0.421. The van der Waals surface area contributed by atoms with Gasteiger partial charge in [-0.3, -0.25) is 4.98 Å². The lowest BCUT2D eigenvalue weighted by molar-refractivity contribution is 0.194. The van der Waals surface area contributed by atoms with Gasteiger partial charge in [0, 0.05) is 38.4 Å². The molecule has 2 amide bonds. The molecular formula is C19H23N5O2. The Morgan fingerprint density at radius 3 is 2.81 bits per heavy atom. The molecule has 1 atom stereocenters. The number of rotatable bonds is 4. The topological polar surface area (TPSA) is 70.6 Å². The van der Waals surface area contributed by atoms with E-state index in [1.807, 2.05) is 24.3 Å². The average Bonchev–Trinajstić information content (AvgIpc) is 3.35. The summed E-state index contributed by atoms with van der Waals surface area (Å²) in [6.07, 6.45) is 8.34. The number of amides is 2. The Kier molecular flexibility index (Phi) is 4.86. The van der Waals surface area contributed by atoms with Crippen LogP contribution in [0, 0.1) is 0 Å². The lowest BCUT2D eigenvalue weighted by Crippen LogP contribution is -2.35. The maximum atomic E-state index is 12.7. The number of carbonyl (C=O) groups excluding carboxylic acids is 1. The van der Waals surface area contributed by atoms with Crippen LogP contribution in [0.3, 0.4) is 0 Å². The van der Waals surface area contributed by atoms with E-state index < -0.39 is 0 Å². The Balaban J connectivity index is 1.37. The van der Waals surface area contributed by atoms with Crippen molar-refractivity contribution in [3.8, 4) is 5.75 Å². The fourth-order valence-electron chi connectivity index (χ4n) is 3.49. The Morgan fingerprint density at radius 1 is 1.15 bits per heavy atom. The first-order valence-corrected chi connectivity index (χ1v) is 9.12. The summed E-state index contributed by atoms with van der Waals surface area (Å²) in [4.78, 5) is 25.2. The number of urea groups is 1. The molecule has 2 saturated heterocycles. The van der Waals surface area contributed by atoms with E-state index in [0.717, 1.165) is 36.8 Å². The average molecular weight is 353 g/mol. The molecule has 7 heteroatoms. The quantitative estimate of drug-likeness (QED) is 0.915. The molecule has 0 saturated carbocycles. The molecule has 0 unspecified atom stereocenters. The van der Waals surface area contributed by atoms with Gasteiger partial charge in [-0.2, -0.15) is 0 Å². The molecule has 2 aromatic rings. The highest BCUT2D eigenvalue weighted by Crippen LogP contribution is 2.27. The van der Waals surface area contributed by atoms with Gasteiger partial charge in [-0.25, -0.2) is 9.78 Å². The maximum Gasteiger partial charge on any atom is 0.322 e. The molecule has 7 nitrogen and oxygen atoms in total. The first-order chi connectivity index (χ1) is 12.8. The smallest absolute Gasteiger partial charge is 0.322 e. The van der Waals surface area contributed by atoms with Gasteiger partial charge in [0.1, 0.15) is 11.9 Å². The number of pyridine rings is 2. The second kappa shape index (κ2) is 7.59. The van der Waals surface area contributed by atoms with Gasteiger partial charge in [-0.05, 0) is 37.1 Å². The molecular weight excluding hydrogens is 330 g/mol. The maximum absolute atomic E-state index is 12.7. The van der Waals surface area contributed by atoms with Crippen LogP contribution >= 0.6 is 0 Å². The van der Waals surface area contributed by atoms with Crippen molar-refractivity contribution in [1.82, 2.24) is 14.9 Å². The van der Waals surface area contributed by atoms with Crippen molar-refractivity contribution in [2.45, 2.75) is 25.4 Å². The van der Waals surface area contributed by atoms with E-state index in [1.165, 1.54) is 12.8 Å². The van der Waals surface area contributed by atoms with Crippen LogP contribution in [-0.2, 0) is 0 Å². The van der Waals surface area contributed by atoms with E-state index >= 15 is 0 Å². The number of hydrogen-bond acceptors (Lipinski definition) is 5. The van der Waals surface area contributed by atoms with Gasteiger partial charge in [0.25, 0.3) is 0 Å². The normalized spacial score (nSPS) is 19.6. The zero-order valence-corrected chi connectivity index (χ0v) is 14.7. The summed E-state index contributed by atoms with van der Waals surface area (Å²) in [6.45, 7) is 3.23. The number of hydrogen-bond donors (Lipinski definition) is 1. The molecule has 0 aliphatic carbocycles. The van der Waals surface area contributed by atoms with Crippen molar-refractivity contribution >= 4 is 17.5 Å². The molecule has 4 rings (SSSR count). The minimum Gasteiger partial charge on any atom is -0.487 e. The highest BCUT2D eigenvalue weighted by molar-refractivity contribution is 5.92. The van der Waals surface area contributed by atoms with Crippen LogP contribution in [0.5, 0.6) is 5.75 Å². The fourth-order valence-corrected chi connectivity index (χ4v) is 3.49. The van der Waals surface area contributed by atoms with Crippen molar-refractivity contribution in [2.75, 3.05) is 36.4 Å². The molecule has 2 aliphatic heterocycles. The molecule has 0 aromatic carbocycles. The van der Waals surface area contributed by atoms with Crippen LogP contribution in [0.15, 0.2) is 42.9 Å². The number of ether oxygens (including phenoxy) is 1. The zero-order chi connectivity index (χ0) is 17.8. The molecule has 136 valence electrons. The van der Waals surface area contributed by atoms with Crippen LogP contribution in [-0.4, -0.2) is 53.2 Å². The number of carbonyl (C=O) groups is 1. The SMILES string of the molecule is O=C(Nc1cccnc1N1CCCC1)N1CC[C@H](Oc2cccnc2)C1. The van der Waals surface area contributed by atoms with Crippen molar-refractivity contribution in [1.29, 1.82) is 0 Å². The van der Waals surface area contributed by atoms with Crippen LogP contribution < -0.4 is 15.0 Å². The number of likely N-dealkylation sites (tertiary alicyclic amines) is 1. The molecule has 2 aromatic heterocycles. The minimum absolute atomic E-state index is 0.00287. The number of anilines is 2. The minimum atomic E-state index is -0.101. The molecule has 2 aliphatic rings. The third-order valence-electron chi connectivity index (χ3n) is 4.80. The Bertz CT molecular complexity index is 749. The van der Waals surface area contributed by atoms with E-state index in [-0.39, 0.29) is 12.1 Å². The van der Waals surface area contributed by atoms with E-state index in [0.29, 0.717) is 13.1 Å². The summed E-state index contributed by atoms with van der Waals surface area (Å²) in [5.41, 5.74) is 0.774. The largest absolute Gasteiger partial charge is 0.487 e. The van der Waals surface area contributed by atoms with E-state index in [4.69, 9.17) is 4.74 Å². The highest BCUT2D eigenvalue weighted by Gasteiger charge is 2.28. The molecule has 0 bridgehead atoms. The molecule has 1 N–H and O–H groups in total. The first kappa shape index (κ1) is 16.6. The summed E-state index contributed by atoms with van der Waals surface area (Å²) in [5.74, 6) is 1.60. The van der Waals surface area contributed by atoms with Gasteiger partial charge >= 0.3 is 6.03 Å². The lowest BCUT2D eigenvalue weighted by Gasteiger charge is -2.22. The van der Waals surface area contributed by atoms with Crippen LogP contribution in [0.1, 0.15) is 19.3 Å². The Hall–Kier alpha value is -2.83. The van der Waals surface area contributed by atoms with E-state index in [2.05, 4.69) is 20.2 Å². The second-order valence-corrected chi connectivity index (χ2v) is 6.66. The predicted octanol–water partition coefficient (Wildman–Crippen LogP) is 2.76. The van der Waals surface area contributed by atoms with Crippen molar-refractivity contribution in [2.24, 2.45) is 0 Å². The Labute approximate surface area is 153 Å². The van der Waals surface area contributed by atoms with Gasteiger partial charge in [-0.1, -0.05) is 0 Å². The van der Waals surface area contributed by atoms with Crippen LogP contribution in [0.2, 0.25) is 0 Å². The zero-order valence-electron chi connectivity index (χ0n) is 14.7. The van der Waals surface area contributed by atoms with Gasteiger partial charge in [0.2, 0.25) is 0 Å². The van der Waals surface area contributed by atoms with E-state index in [9.17, 15) is 4.79 Å². The lowest BCUT2D eigenvalue weighted by atomic mass is 10.3. The number of aromatic nitrogens is 2. The van der Waals surface area contributed by atoms with Crippen molar-refractivity contribution < 1.29 is 9.53 Å². The first-order valence-electron chi connectivity index (χ1n) is 9.12. The van der Waals surface area contributed by atoms with Gasteiger partial charge in [-0.15, -0.1) is 0 Å². The third-order valence-corrected chi connectivity index (χ3v) is 4.80. The molecule has 4 heterocycles. The molecule has 2 fully saturated rings. The van der Waals surface area contributed by atoms with Gasteiger partial charge in [0.15, 0.2) is 5.82 Å². The molecule has 0 spiro atoms. The third kappa shape index (κ3) is 3.71. The number of nitrogens with zero attached hydrogens (tertiary/aromatic N) is 4.